The topological polar surface area (TPSA) is 116 Å². The van der Waals surface area contributed by atoms with Gasteiger partial charge in [-0.15, -0.1) is 11.3 Å². The minimum atomic E-state index is -4.17. The lowest BCUT2D eigenvalue weighted by Gasteiger charge is -2.29. The second-order valence-electron chi connectivity index (χ2n) is 6.90. The van der Waals surface area contributed by atoms with Crippen LogP contribution in [0.25, 0.3) is 0 Å². The number of hydrogen-bond donors (Lipinski definition) is 3. The molecule has 2 aromatic carbocycles. The number of rotatable bonds is 10. The van der Waals surface area contributed by atoms with Crippen LogP contribution in [-0.4, -0.2) is 41.6 Å². The van der Waals surface area contributed by atoms with E-state index in [1.54, 1.807) is 41.9 Å². The number of carbonyl (C=O) groups is 1. The number of phenols is 1. The molecule has 0 aliphatic heterocycles. The van der Waals surface area contributed by atoms with Gasteiger partial charge in [0.1, 0.15) is 17.5 Å². The number of thiophene rings is 1. The molecule has 3 rings (SSSR count). The Morgan fingerprint density at radius 3 is 2.38 bits per heavy atom. The maximum atomic E-state index is 13.6. The smallest absolute Gasteiger partial charge is 0.262 e. The molecule has 0 spiro atoms. The van der Waals surface area contributed by atoms with Gasteiger partial charge >= 0.3 is 0 Å². The minimum Gasteiger partial charge on any atom is -0.508 e. The second kappa shape index (κ2) is 10.6. The molecule has 0 saturated carbocycles. The highest BCUT2D eigenvalue weighted by molar-refractivity contribution is 7.89. The number of nitrogens with one attached hydrogen (secondary N) is 1. The average Bonchev–Trinajstić information content (AvgIpc) is 3.30. The van der Waals surface area contributed by atoms with Crippen molar-refractivity contribution >= 4 is 27.3 Å². The van der Waals surface area contributed by atoms with Crippen LogP contribution in [0.4, 0.5) is 0 Å². The number of amides is 1. The summed E-state index contributed by atoms with van der Waals surface area (Å²) in [5.74, 6) is -0.274. The van der Waals surface area contributed by atoms with E-state index >= 15 is 0 Å². The number of phenolic OH excluding ortho intramolecular Hbond substituents is 1. The van der Waals surface area contributed by atoms with Crippen molar-refractivity contribution in [1.29, 1.82) is 0 Å². The van der Waals surface area contributed by atoms with Crippen LogP contribution < -0.4 is 10.2 Å². The molecule has 0 aliphatic carbocycles. The van der Waals surface area contributed by atoms with Crippen molar-refractivity contribution < 1.29 is 28.3 Å². The molecular formula is C22H24N2O6S2. The van der Waals surface area contributed by atoms with Gasteiger partial charge in [0, 0.05) is 17.8 Å². The number of nitrogens with zero attached hydrogens (tertiary/aromatic N) is 1. The normalized spacial score (nSPS) is 12.5. The summed E-state index contributed by atoms with van der Waals surface area (Å²) in [6, 6.07) is 14.4. The number of ether oxygens (including phenoxy) is 1. The fourth-order valence-corrected chi connectivity index (χ4v) is 5.49. The zero-order chi connectivity index (χ0) is 23.1. The fourth-order valence-electron chi connectivity index (χ4n) is 3.17. The highest BCUT2D eigenvalue weighted by atomic mass is 32.2. The van der Waals surface area contributed by atoms with Gasteiger partial charge < -0.3 is 9.84 Å². The third kappa shape index (κ3) is 5.65. The van der Waals surface area contributed by atoms with Crippen molar-refractivity contribution in [3.05, 3.63) is 76.5 Å². The van der Waals surface area contributed by atoms with Gasteiger partial charge in [-0.05, 0) is 60.3 Å². The lowest BCUT2D eigenvalue weighted by atomic mass is 10.1. The molecule has 1 aromatic heterocycles. The molecule has 3 N–H and O–H groups in total. The van der Waals surface area contributed by atoms with Crippen molar-refractivity contribution in [1.82, 2.24) is 9.79 Å². The molecule has 0 aliphatic rings. The summed E-state index contributed by atoms with van der Waals surface area (Å²) in [4.78, 5) is 13.3. The molecule has 10 heteroatoms. The summed E-state index contributed by atoms with van der Waals surface area (Å²) in [5, 5.41) is 20.7. The predicted molar refractivity (Wildman–Crippen MR) is 120 cm³/mol. The largest absolute Gasteiger partial charge is 0.508 e. The molecule has 0 fully saturated rings. The van der Waals surface area contributed by atoms with Gasteiger partial charge in [0.25, 0.3) is 5.91 Å². The summed E-state index contributed by atoms with van der Waals surface area (Å²) >= 11 is 1.39. The van der Waals surface area contributed by atoms with Crippen LogP contribution in [0, 0.1) is 0 Å². The van der Waals surface area contributed by atoms with Gasteiger partial charge in [0.2, 0.25) is 10.0 Å². The van der Waals surface area contributed by atoms with Crippen LogP contribution in [0.3, 0.4) is 0 Å². The van der Waals surface area contributed by atoms with Crippen LogP contribution >= 0.6 is 11.3 Å². The van der Waals surface area contributed by atoms with Crippen LogP contribution in [0.1, 0.15) is 17.4 Å². The zero-order valence-electron chi connectivity index (χ0n) is 17.3. The quantitative estimate of drug-likeness (QED) is 0.306. The standard InChI is InChI=1S/C22H24N2O6S2/c1-2-30-18-9-5-16(6-10-18)15-24(32(28,29)20-11-7-17(25)8-12-20)21(22(26)23-27)14-19-4-3-13-31-19/h3-13,21,25,27H,2,14-15H2,1H3,(H,23,26)/t21-/m1/s1. The fraction of sp³-hybridized carbons (Fsp3) is 0.227. The molecule has 0 radical (unpaired) electrons. The molecule has 1 amide bonds. The van der Waals surface area contributed by atoms with E-state index in [1.165, 1.54) is 35.6 Å². The maximum Gasteiger partial charge on any atom is 0.262 e. The Balaban J connectivity index is 2.03. The van der Waals surface area contributed by atoms with Gasteiger partial charge in [-0.25, -0.2) is 13.9 Å². The Morgan fingerprint density at radius 1 is 1.12 bits per heavy atom. The van der Waals surface area contributed by atoms with E-state index in [4.69, 9.17) is 4.74 Å². The van der Waals surface area contributed by atoms with Crippen LogP contribution in [0.5, 0.6) is 11.5 Å². The molecule has 8 nitrogen and oxygen atoms in total. The summed E-state index contributed by atoms with van der Waals surface area (Å²) in [7, 11) is -4.17. The first-order valence-corrected chi connectivity index (χ1v) is 12.2. The Bertz CT molecular complexity index is 1110. The van der Waals surface area contributed by atoms with Gasteiger partial charge in [0.15, 0.2) is 0 Å². The zero-order valence-corrected chi connectivity index (χ0v) is 19.0. The van der Waals surface area contributed by atoms with Crippen molar-refractivity contribution in [2.75, 3.05) is 6.61 Å². The van der Waals surface area contributed by atoms with E-state index in [0.717, 1.165) is 9.18 Å². The predicted octanol–water partition coefficient (Wildman–Crippen LogP) is 3.16. The van der Waals surface area contributed by atoms with Gasteiger partial charge in [-0.1, -0.05) is 18.2 Å². The van der Waals surface area contributed by atoms with E-state index < -0.39 is 22.0 Å². The van der Waals surface area contributed by atoms with Crippen molar-refractivity contribution in [2.45, 2.75) is 30.8 Å². The lowest BCUT2D eigenvalue weighted by molar-refractivity contribution is -0.133. The Kier molecular flexibility index (Phi) is 7.86. The Labute approximate surface area is 190 Å². The average molecular weight is 477 g/mol. The summed E-state index contributed by atoms with van der Waals surface area (Å²) in [6.45, 7) is 2.25. The monoisotopic (exact) mass is 476 g/mol. The SMILES string of the molecule is CCOc1ccc(CN([C@H](Cc2cccs2)C(=O)NO)S(=O)(=O)c2ccc(O)cc2)cc1. The summed E-state index contributed by atoms with van der Waals surface area (Å²) < 4.78 is 33.6. The molecule has 0 saturated heterocycles. The number of hydroxylamine groups is 1. The van der Waals surface area contributed by atoms with E-state index in [1.807, 2.05) is 12.3 Å². The van der Waals surface area contributed by atoms with Crippen LogP contribution in [0.15, 0.2) is 70.9 Å². The van der Waals surface area contributed by atoms with E-state index in [0.29, 0.717) is 17.9 Å². The molecular weight excluding hydrogens is 452 g/mol. The number of benzene rings is 2. The lowest BCUT2D eigenvalue weighted by Crippen LogP contribution is -2.49. The molecule has 170 valence electrons. The van der Waals surface area contributed by atoms with E-state index in [-0.39, 0.29) is 23.6 Å². The number of sulfonamides is 1. The molecule has 3 aromatic rings. The highest BCUT2D eigenvalue weighted by Gasteiger charge is 2.36. The van der Waals surface area contributed by atoms with Crippen molar-refractivity contribution in [2.24, 2.45) is 0 Å². The number of aromatic hydroxyl groups is 1. The second-order valence-corrected chi connectivity index (χ2v) is 9.82. The first-order chi connectivity index (χ1) is 15.3. The molecule has 1 atom stereocenters. The molecule has 0 unspecified atom stereocenters. The van der Waals surface area contributed by atoms with Crippen molar-refractivity contribution in [3.8, 4) is 11.5 Å². The highest BCUT2D eigenvalue weighted by Crippen LogP contribution is 2.26. The Hall–Kier alpha value is -2.92. The number of carbonyl (C=O) groups excluding carboxylic acids is 1. The third-order valence-electron chi connectivity index (χ3n) is 4.75. The van der Waals surface area contributed by atoms with Gasteiger partial charge in [-0.3, -0.25) is 10.0 Å². The Morgan fingerprint density at radius 2 is 1.81 bits per heavy atom. The van der Waals surface area contributed by atoms with Gasteiger partial charge in [0.05, 0.1) is 11.5 Å². The summed E-state index contributed by atoms with van der Waals surface area (Å²) in [6.07, 6.45) is 0.0817. The minimum absolute atomic E-state index is 0.0785. The first kappa shape index (κ1) is 23.7. The van der Waals surface area contributed by atoms with Gasteiger partial charge in [-0.2, -0.15) is 4.31 Å². The molecule has 0 bridgehead atoms. The molecule has 32 heavy (non-hydrogen) atoms. The summed E-state index contributed by atoms with van der Waals surface area (Å²) in [5.41, 5.74) is 2.24. The van der Waals surface area contributed by atoms with Crippen LogP contribution in [0.2, 0.25) is 0 Å². The van der Waals surface area contributed by atoms with E-state index in [2.05, 4.69) is 0 Å². The third-order valence-corrected chi connectivity index (χ3v) is 7.52. The van der Waals surface area contributed by atoms with Crippen LogP contribution in [-0.2, 0) is 27.8 Å². The first-order valence-electron chi connectivity index (χ1n) is 9.84. The maximum absolute atomic E-state index is 13.6. The number of hydrogen-bond acceptors (Lipinski definition) is 7. The van der Waals surface area contributed by atoms with E-state index in [9.17, 15) is 23.5 Å². The molecule has 1 heterocycles. The van der Waals surface area contributed by atoms with Crippen molar-refractivity contribution in [3.63, 3.8) is 0 Å².